The SMILES string of the molecule is CCC1NC(=O)C(C(O)C(C)Cc2nc3ccc(C(=O)OCCN4CCOCC4)cc3[nH]2)N(C)C(=O)C(C(C)C)N(C)C(=O)C(CC(C)C)N(C)C(=O)C(CC(C)C)N(C)C(=O)C(C)NC(=O)C(C)NC(=O)C(CC(C)C)N(C)C(=O)C(C(C)C)NC(=O)C(CC(C)C)N(C)C(=O)CN(C)C1=O. The minimum absolute atomic E-state index is 0.0113. The van der Waals surface area contributed by atoms with Crippen LogP contribution in [0.4, 0.5) is 0 Å². The number of hydrogen-bond acceptors (Lipinski definition) is 17. The van der Waals surface area contributed by atoms with Gasteiger partial charge in [-0.1, -0.05) is 96.9 Å². The highest BCUT2D eigenvalue weighted by molar-refractivity contribution is 6.00. The number of amides is 11. The second kappa shape index (κ2) is 39.2. The molecular formula is C73H122N14O15. The van der Waals surface area contributed by atoms with Crippen molar-refractivity contribution in [2.45, 2.75) is 216 Å². The fourth-order valence-corrected chi connectivity index (χ4v) is 13.1. The number of H-pyrrole nitrogens is 1. The Kier molecular flexibility index (Phi) is 33.3. The summed E-state index contributed by atoms with van der Waals surface area (Å²) in [7, 11) is 9.79. The number of aromatic nitrogens is 2. The molecule has 0 spiro atoms. The van der Waals surface area contributed by atoms with Gasteiger partial charge < -0.3 is 75.1 Å². The van der Waals surface area contributed by atoms with E-state index in [9.17, 15) is 43.5 Å². The van der Waals surface area contributed by atoms with Gasteiger partial charge in [-0.25, -0.2) is 9.78 Å². The summed E-state index contributed by atoms with van der Waals surface area (Å²) < 4.78 is 11.0. The molecule has 11 amide bonds. The van der Waals surface area contributed by atoms with Crippen molar-refractivity contribution in [3.05, 3.63) is 29.6 Å². The van der Waals surface area contributed by atoms with Crippen LogP contribution in [0.3, 0.4) is 0 Å². The van der Waals surface area contributed by atoms with E-state index in [-0.39, 0.29) is 74.4 Å². The number of benzene rings is 1. The summed E-state index contributed by atoms with van der Waals surface area (Å²) in [5, 5.41) is 23.7. The molecule has 29 heteroatoms. The number of fused-ring (bicyclic) bond motifs is 1. The maximum absolute atomic E-state index is 15.6. The number of likely N-dealkylation sites (N-methyl/N-ethyl adjacent to an activating group) is 7. The molecule has 12 unspecified atom stereocenters. The minimum Gasteiger partial charge on any atom is -0.461 e. The molecule has 0 radical (unpaired) electrons. The highest BCUT2D eigenvalue weighted by atomic mass is 16.5. The predicted octanol–water partition coefficient (Wildman–Crippen LogP) is 2.91. The Morgan fingerprint density at radius 2 is 1.05 bits per heavy atom. The van der Waals surface area contributed by atoms with Crippen LogP contribution in [0, 0.1) is 41.4 Å². The first-order valence-corrected chi connectivity index (χ1v) is 36.3. The lowest BCUT2D eigenvalue weighted by Crippen LogP contribution is -2.63. The van der Waals surface area contributed by atoms with Gasteiger partial charge in [0, 0.05) is 75.4 Å². The number of nitrogens with one attached hydrogen (secondary N) is 5. The lowest BCUT2D eigenvalue weighted by Gasteiger charge is -2.41. The third-order valence-corrected chi connectivity index (χ3v) is 19.4. The molecule has 6 N–H and O–H groups in total. The maximum atomic E-state index is 15.6. The number of nitrogens with zero attached hydrogens (tertiary/aromatic N) is 9. The van der Waals surface area contributed by atoms with Crippen molar-refractivity contribution in [1.29, 1.82) is 0 Å². The predicted molar refractivity (Wildman–Crippen MR) is 386 cm³/mol. The molecular weight excluding hydrogens is 1310 g/mol. The number of imidazole rings is 1. The molecule has 12 atom stereocenters. The van der Waals surface area contributed by atoms with Crippen molar-refractivity contribution in [2.75, 3.05) is 95.3 Å². The van der Waals surface area contributed by atoms with Crippen LogP contribution in [0.15, 0.2) is 18.2 Å². The summed E-state index contributed by atoms with van der Waals surface area (Å²) in [6.45, 7) is 30.6. The van der Waals surface area contributed by atoms with Crippen LogP contribution in [0.5, 0.6) is 0 Å². The molecule has 0 aliphatic carbocycles. The van der Waals surface area contributed by atoms with Gasteiger partial charge in [-0.05, 0) is 106 Å². The van der Waals surface area contributed by atoms with Crippen LogP contribution in [-0.4, -0.2) is 287 Å². The summed E-state index contributed by atoms with van der Waals surface area (Å²) >= 11 is 0. The topological polar surface area (TPSA) is 346 Å². The molecule has 102 heavy (non-hydrogen) atoms. The van der Waals surface area contributed by atoms with E-state index in [1.165, 1.54) is 87.7 Å². The molecule has 2 aromatic rings. The molecule has 0 saturated carbocycles. The molecule has 2 fully saturated rings. The molecule has 0 bridgehead atoms. The fourth-order valence-electron chi connectivity index (χ4n) is 13.1. The van der Waals surface area contributed by atoms with Crippen molar-refractivity contribution in [3.63, 3.8) is 0 Å². The maximum Gasteiger partial charge on any atom is 0.338 e. The van der Waals surface area contributed by atoms with Crippen LogP contribution in [0.2, 0.25) is 0 Å². The quantitative estimate of drug-likeness (QED) is 0.110. The Balaban J connectivity index is 1.88. The number of aromatic amines is 1. The molecule has 2 aliphatic heterocycles. The van der Waals surface area contributed by atoms with Gasteiger partial charge in [-0.3, -0.25) is 57.6 Å². The van der Waals surface area contributed by atoms with Crippen LogP contribution >= 0.6 is 0 Å². The van der Waals surface area contributed by atoms with E-state index in [0.29, 0.717) is 36.6 Å². The van der Waals surface area contributed by atoms with Gasteiger partial charge in [0.15, 0.2) is 0 Å². The zero-order chi connectivity index (χ0) is 77.2. The first-order chi connectivity index (χ1) is 47.6. The number of morpholine rings is 1. The van der Waals surface area contributed by atoms with E-state index < -0.39 is 162 Å². The van der Waals surface area contributed by atoms with Crippen LogP contribution in [-0.2, 0) is 68.6 Å². The van der Waals surface area contributed by atoms with Crippen molar-refractivity contribution < 1.29 is 72.1 Å². The Labute approximate surface area is 604 Å². The monoisotopic (exact) mass is 1430 g/mol. The van der Waals surface area contributed by atoms with Crippen LogP contribution < -0.4 is 21.3 Å². The van der Waals surface area contributed by atoms with Gasteiger partial charge in [-0.15, -0.1) is 0 Å². The summed E-state index contributed by atoms with van der Waals surface area (Å²) in [4.78, 5) is 194. The minimum atomic E-state index is -1.77. The third kappa shape index (κ3) is 23.4. The Bertz CT molecular complexity index is 3220. The van der Waals surface area contributed by atoms with E-state index in [0.717, 1.165) is 22.9 Å². The smallest absolute Gasteiger partial charge is 0.338 e. The lowest BCUT2D eigenvalue weighted by atomic mass is 9.91. The largest absolute Gasteiger partial charge is 0.461 e. The Hall–Kier alpha value is -7.79. The zero-order valence-electron chi connectivity index (χ0n) is 65.0. The van der Waals surface area contributed by atoms with Gasteiger partial charge in [0.1, 0.15) is 72.8 Å². The van der Waals surface area contributed by atoms with Crippen molar-refractivity contribution in [2.24, 2.45) is 41.4 Å². The van der Waals surface area contributed by atoms with Crippen molar-refractivity contribution in [1.82, 2.24) is 70.4 Å². The number of aliphatic hydroxyl groups is 1. The molecule has 29 nitrogen and oxygen atoms in total. The number of aliphatic hydroxyl groups excluding tert-OH is 1. The number of hydrogen-bond donors (Lipinski definition) is 6. The molecule has 1 aromatic carbocycles. The van der Waals surface area contributed by atoms with Gasteiger partial charge in [0.2, 0.25) is 65.0 Å². The number of esters is 1. The van der Waals surface area contributed by atoms with E-state index in [4.69, 9.17) is 14.5 Å². The van der Waals surface area contributed by atoms with Gasteiger partial charge in [0.25, 0.3) is 0 Å². The Morgan fingerprint density at radius 3 is 1.58 bits per heavy atom. The summed E-state index contributed by atoms with van der Waals surface area (Å²) in [5.41, 5.74) is 1.25. The van der Waals surface area contributed by atoms with Gasteiger partial charge in [-0.2, -0.15) is 0 Å². The number of ether oxygens (including phenoxy) is 2. The fraction of sp³-hybridized carbons (Fsp3) is 0.740. The summed E-state index contributed by atoms with van der Waals surface area (Å²) in [6.07, 6.45) is -1.27. The van der Waals surface area contributed by atoms with Crippen molar-refractivity contribution >= 4 is 82.0 Å². The van der Waals surface area contributed by atoms with Crippen LogP contribution in [0.1, 0.15) is 159 Å². The third-order valence-electron chi connectivity index (χ3n) is 19.4. The van der Waals surface area contributed by atoms with Crippen molar-refractivity contribution in [3.8, 4) is 0 Å². The average molecular weight is 1440 g/mol. The molecule has 2 saturated heterocycles. The van der Waals surface area contributed by atoms with Gasteiger partial charge in [0.05, 0.1) is 42.5 Å². The first-order valence-electron chi connectivity index (χ1n) is 36.3. The molecule has 3 heterocycles. The number of carbonyl (C=O) groups is 12. The van der Waals surface area contributed by atoms with E-state index in [1.807, 2.05) is 55.4 Å². The second-order valence-electron chi connectivity index (χ2n) is 30.5. The zero-order valence-corrected chi connectivity index (χ0v) is 65.0. The van der Waals surface area contributed by atoms with E-state index in [1.54, 1.807) is 59.7 Å². The normalized spacial score (nSPS) is 25.4. The standard InChI is InChI=1S/C73H122N14O15/c1-24-50-68(95)80(17)39-58(88)81(18)53(33-40(2)3)65(92)79-59(44(10)11)71(98)82(19)54(34-41(4)5)64(91)74-47(15)63(90)75-48(16)67(94)83(20)55(35-42(6)7)69(96)84(21)56(36-43(8)9)70(97)85(22)60(45(12)13)72(99)86(23)61(66(93)78-50)62(89)46(14)37-57-76-51-26-25-49(38-52(51)77-57)73(100)102-32-29-87-27-30-101-31-28-87/h25-26,38,40-48,50,53-56,59-62,89H,24,27-37,39H2,1-23H3,(H,74,91)(H,75,90)(H,76,77)(H,78,93)(H,79,92). The second-order valence-corrected chi connectivity index (χ2v) is 30.5. The number of carbonyl (C=O) groups excluding carboxylic acids is 12. The molecule has 2 aliphatic rings. The van der Waals surface area contributed by atoms with E-state index in [2.05, 4.69) is 31.2 Å². The first kappa shape index (κ1) is 86.6. The summed E-state index contributed by atoms with van der Waals surface area (Å²) in [6, 6.07) is -8.08. The summed E-state index contributed by atoms with van der Waals surface area (Å²) in [5.74, 6) is -10.8. The number of rotatable bonds is 19. The van der Waals surface area contributed by atoms with E-state index >= 15 is 19.2 Å². The average Bonchev–Trinajstić information content (AvgIpc) is 1.18. The molecule has 1 aromatic heterocycles. The molecule has 4 rings (SSSR count). The van der Waals surface area contributed by atoms with Crippen LogP contribution in [0.25, 0.3) is 11.0 Å². The highest BCUT2D eigenvalue weighted by Crippen LogP contribution is 2.27. The lowest BCUT2D eigenvalue weighted by molar-refractivity contribution is -0.157. The Morgan fingerprint density at radius 1 is 0.559 bits per heavy atom. The molecule has 574 valence electrons. The van der Waals surface area contributed by atoms with Gasteiger partial charge >= 0.3 is 5.97 Å². The highest BCUT2D eigenvalue weighted by Gasteiger charge is 2.46.